The Morgan fingerprint density at radius 3 is 2.15 bits per heavy atom. The molecule has 0 spiro atoms. The summed E-state index contributed by atoms with van der Waals surface area (Å²) in [6.07, 6.45) is 11.5. The standard InChI is InChI=1S/C19H28O/c1-19(13-5-6-14-19)18(20)17-11-9-16(10-12-17)15-7-3-2-4-8-15/h9-12,15,18,20H,2-8,13-14H2,1H3. The van der Waals surface area contributed by atoms with Crippen LogP contribution in [0.1, 0.15) is 87.9 Å². The van der Waals surface area contributed by atoms with E-state index in [1.54, 1.807) is 0 Å². The molecule has 0 radical (unpaired) electrons. The van der Waals surface area contributed by atoms with Gasteiger partial charge < -0.3 is 5.11 Å². The van der Waals surface area contributed by atoms with Crippen molar-refractivity contribution >= 4 is 0 Å². The molecule has 2 aliphatic carbocycles. The van der Waals surface area contributed by atoms with E-state index >= 15 is 0 Å². The van der Waals surface area contributed by atoms with E-state index in [4.69, 9.17) is 0 Å². The van der Waals surface area contributed by atoms with Crippen molar-refractivity contribution in [2.45, 2.75) is 76.7 Å². The molecule has 0 saturated heterocycles. The van der Waals surface area contributed by atoms with Crippen LogP contribution in [0.15, 0.2) is 24.3 Å². The van der Waals surface area contributed by atoms with Crippen molar-refractivity contribution in [3.8, 4) is 0 Å². The molecule has 1 aromatic carbocycles. The number of benzene rings is 1. The molecule has 2 aliphatic rings. The second kappa shape index (κ2) is 5.89. The van der Waals surface area contributed by atoms with Gasteiger partial charge in [0, 0.05) is 0 Å². The molecule has 1 N–H and O–H groups in total. The summed E-state index contributed by atoms with van der Waals surface area (Å²) in [5, 5.41) is 10.7. The minimum atomic E-state index is -0.287. The number of rotatable bonds is 3. The SMILES string of the molecule is CC1(C(O)c2ccc(C3CCCCC3)cc2)CCCC1. The van der Waals surface area contributed by atoms with E-state index in [0.717, 1.165) is 11.5 Å². The van der Waals surface area contributed by atoms with Crippen LogP contribution in [0, 0.1) is 5.41 Å². The molecular formula is C19H28O. The summed E-state index contributed by atoms with van der Waals surface area (Å²) >= 11 is 0. The molecule has 20 heavy (non-hydrogen) atoms. The van der Waals surface area contributed by atoms with Crippen LogP contribution < -0.4 is 0 Å². The van der Waals surface area contributed by atoms with Gasteiger partial charge >= 0.3 is 0 Å². The molecule has 110 valence electrons. The Morgan fingerprint density at radius 1 is 0.950 bits per heavy atom. The molecule has 0 aromatic heterocycles. The van der Waals surface area contributed by atoms with Crippen LogP contribution in [0.25, 0.3) is 0 Å². The Morgan fingerprint density at radius 2 is 1.55 bits per heavy atom. The Bertz CT molecular complexity index is 422. The van der Waals surface area contributed by atoms with Gasteiger partial charge in [-0.05, 0) is 48.1 Å². The van der Waals surface area contributed by atoms with Crippen LogP contribution >= 0.6 is 0 Å². The lowest BCUT2D eigenvalue weighted by Gasteiger charge is -2.30. The van der Waals surface area contributed by atoms with Gasteiger partial charge in [-0.25, -0.2) is 0 Å². The Hall–Kier alpha value is -0.820. The van der Waals surface area contributed by atoms with Gasteiger partial charge in [0.1, 0.15) is 0 Å². The van der Waals surface area contributed by atoms with Gasteiger partial charge in [-0.3, -0.25) is 0 Å². The lowest BCUT2D eigenvalue weighted by molar-refractivity contribution is 0.0408. The Labute approximate surface area is 123 Å². The summed E-state index contributed by atoms with van der Waals surface area (Å²) < 4.78 is 0. The van der Waals surface area contributed by atoms with Crippen LogP contribution in [-0.4, -0.2) is 5.11 Å². The minimum absolute atomic E-state index is 0.104. The molecule has 1 atom stereocenters. The largest absolute Gasteiger partial charge is 0.388 e. The van der Waals surface area contributed by atoms with Crippen LogP contribution in [0.5, 0.6) is 0 Å². The van der Waals surface area contributed by atoms with Gasteiger partial charge in [0.25, 0.3) is 0 Å². The first kappa shape index (κ1) is 14.1. The highest BCUT2D eigenvalue weighted by Crippen LogP contribution is 2.47. The quantitative estimate of drug-likeness (QED) is 0.786. The number of aliphatic hydroxyl groups excluding tert-OH is 1. The summed E-state index contributed by atoms with van der Waals surface area (Å²) in [6.45, 7) is 2.25. The van der Waals surface area contributed by atoms with Crippen molar-refractivity contribution < 1.29 is 5.11 Å². The molecule has 1 heteroatoms. The monoisotopic (exact) mass is 272 g/mol. The second-order valence-corrected chi connectivity index (χ2v) is 7.27. The first-order valence-electron chi connectivity index (χ1n) is 8.47. The molecule has 1 nitrogen and oxygen atoms in total. The van der Waals surface area contributed by atoms with E-state index < -0.39 is 0 Å². The molecule has 0 aliphatic heterocycles. The third kappa shape index (κ3) is 2.79. The summed E-state index contributed by atoms with van der Waals surface area (Å²) in [7, 11) is 0. The molecule has 0 heterocycles. The highest BCUT2D eigenvalue weighted by Gasteiger charge is 2.36. The molecule has 1 unspecified atom stereocenters. The number of hydrogen-bond donors (Lipinski definition) is 1. The summed E-state index contributed by atoms with van der Waals surface area (Å²) in [5.41, 5.74) is 2.71. The third-order valence-electron chi connectivity index (χ3n) is 5.73. The van der Waals surface area contributed by atoms with Crippen molar-refractivity contribution in [1.29, 1.82) is 0 Å². The van der Waals surface area contributed by atoms with E-state index in [-0.39, 0.29) is 11.5 Å². The van der Waals surface area contributed by atoms with Gasteiger partial charge in [0.15, 0.2) is 0 Å². The normalized spacial score (nSPS) is 24.7. The maximum atomic E-state index is 10.7. The predicted molar refractivity (Wildman–Crippen MR) is 83.8 cm³/mol. The zero-order valence-corrected chi connectivity index (χ0v) is 12.8. The summed E-state index contributed by atoms with van der Waals surface area (Å²) in [6, 6.07) is 8.90. The molecule has 0 amide bonds. The Kier molecular flexibility index (Phi) is 4.16. The van der Waals surface area contributed by atoms with E-state index in [9.17, 15) is 5.11 Å². The first-order valence-corrected chi connectivity index (χ1v) is 8.47. The second-order valence-electron chi connectivity index (χ2n) is 7.27. The smallest absolute Gasteiger partial charge is 0.0843 e. The van der Waals surface area contributed by atoms with Crippen molar-refractivity contribution in [2.75, 3.05) is 0 Å². The van der Waals surface area contributed by atoms with Gasteiger partial charge in [-0.15, -0.1) is 0 Å². The minimum Gasteiger partial charge on any atom is -0.388 e. The van der Waals surface area contributed by atoms with Gasteiger partial charge in [0.2, 0.25) is 0 Å². The lowest BCUT2D eigenvalue weighted by atomic mass is 9.78. The molecule has 1 aromatic rings. The van der Waals surface area contributed by atoms with Crippen LogP contribution in [0.2, 0.25) is 0 Å². The number of aliphatic hydroxyl groups is 1. The van der Waals surface area contributed by atoms with Crippen LogP contribution in [0.4, 0.5) is 0 Å². The van der Waals surface area contributed by atoms with Gasteiger partial charge in [0.05, 0.1) is 6.10 Å². The van der Waals surface area contributed by atoms with Crippen molar-refractivity contribution in [2.24, 2.45) is 5.41 Å². The van der Waals surface area contributed by atoms with Crippen LogP contribution in [0.3, 0.4) is 0 Å². The highest BCUT2D eigenvalue weighted by atomic mass is 16.3. The average molecular weight is 272 g/mol. The summed E-state index contributed by atoms with van der Waals surface area (Å²) in [5.74, 6) is 0.761. The van der Waals surface area contributed by atoms with Gasteiger partial charge in [-0.2, -0.15) is 0 Å². The Balaban J connectivity index is 1.72. The maximum absolute atomic E-state index is 10.7. The van der Waals surface area contributed by atoms with E-state index in [1.807, 2.05) is 0 Å². The van der Waals surface area contributed by atoms with Gasteiger partial charge in [-0.1, -0.05) is 63.3 Å². The average Bonchev–Trinajstić information content (AvgIpc) is 2.96. The van der Waals surface area contributed by atoms with Crippen molar-refractivity contribution in [3.63, 3.8) is 0 Å². The van der Waals surface area contributed by atoms with Crippen LogP contribution in [-0.2, 0) is 0 Å². The number of hydrogen-bond acceptors (Lipinski definition) is 1. The fourth-order valence-corrected chi connectivity index (χ4v) is 4.24. The van der Waals surface area contributed by atoms with E-state index in [1.165, 1.54) is 63.4 Å². The maximum Gasteiger partial charge on any atom is 0.0843 e. The van der Waals surface area contributed by atoms with E-state index in [2.05, 4.69) is 31.2 Å². The molecular weight excluding hydrogens is 244 g/mol. The molecule has 0 bridgehead atoms. The summed E-state index contributed by atoms with van der Waals surface area (Å²) in [4.78, 5) is 0. The predicted octanol–water partition coefficient (Wildman–Crippen LogP) is 5.35. The molecule has 3 rings (SSSR count). The molecule has 2 saturated carbocycles. The zero-order chi connectivity index (χ0) is 14.0. The third-order valence-corrected chi connectivity index (χ3v) is 5.73. The molecule has 2 fully saturated rings. The highest BCUT2D eigenvalue weighted by molar-refractivity contribution is 5.28. The zero-order valence-electron chi connectivity index (χ0n) is 12.8. The fourth-order valence-electron chi connectivity index (χ4n) is 4.24. The van der Waals surface area contributed by atoms with E-state index in [0.29, 0.717) is 0 Å². The lowest BCUT2D eigenvalue weighted by Crippen LogP contribution is -2.22. The van der Waals surface area contributed by atoms with Crippen molar-refractivity contribution in [3.05, 3.63) is 35.4 Å². The fraction of sp³-hybridized carbons (Fsp3) is 0.684. The topological polar surface area (TPSA) is 20.2 Å². The van der Waals surface area contributed by atoms with Crippen molar-refractivity contribution in [1.82, 2.24) is 0 Å². The first-order chi connectivity index (χ1) is 9.69.